The number of benzene rings is 1. The van der Waals surface area contributed by atoms with Gasteiger partial charge in [-0.3, -0.25) is 4.79 Å². The Bertz CT molecular complexity index is 711. The van der Waals surface area contributed by atoms with E-state index in [4.69, 9.17) is 10.00 Å². The molecule has 1 N–H and O–H groups in total. The summed E-state index contributed by atoms with van der Waals surface area (Å²) in [6.07, 6.45) is 2.65. The number of nitriles is 1. The number of rotatable bonds is 5. The number of nitrogens with one attached hydrogen (secondary N) is 1. The maximum atomic E-state index is 12.6. The number of likely N-dealkylation sites (tertiary alicyclic amines) is 2. The van der Waals surface area contributed by atoms with E-state index in [0.717, 1.165) is 24.9 Å². The molecule has 7 heteroatoms. The first-order chi connectivity index (χ1) is 13.1. The molecule has 7 nitrogen and oxygen atoms in total. The molecule has 2 aliphatic heterocycles. The van der Waals surface area contributed by atoms with Gasteiger partial charge in [0.25, 0.3) is 0 Å². The summed E-state index contributed by atoms with van der Waals surface area (Å²) in [5, 5.41) is 11.8. The fraction of sp³-hybridized carbons (Fsp3) is 0.550. The molecule has 2 unspecified atom stereocenters. The van der Waals surface area contributed by atoms with E-state index >= 15 is 0 Å². The first-order valence-electron chi connectivity index (χ1n) is 9.43. The Morgan fingerprint density at radius 1 is 1.30 bits per heavy atom. The van der Waals surface area contributed by atoms with Gasteiger partial charge in [-0.25, -0.2) is 4.79 Å². The first kappa shape index (κ1) is 19.2. The molecular formula is C20H26N4O3. The molecule has 0 bridgehead atoms. The number of ether oxygens (including phenoxy) is 1. The number of piperidine rings is 1. The summed E-state index contributed by atoms with van der Waals surface area (Å²) >= 11 is 0. The Morgan fingerprint density at radius 3 is 2.78 bits per heavy atom. The van der Waals surface area contributed by atoms with Crippen LogP contribution in [0.3, 0.4) is 0 Å². The van der Waals surface area contributed by atoms with E-state index in [-0.39, 0.29) is 11.9 Å². The van der Waals surface area contributed by atoms with Crippen LogP contribution in [-0.2, 0) is 16.1 Å². The molecule has 2 saturated heterocycles. The second kappa shape index (κ2) is 8.87. The van der Waals surface area contributed by atoms with Crippen LogP contribution in [0.25, 0.3) is 0 Å². The highest BCUT2D eigenvalue weighted by Gasteiger charge is 2.34. The lowest BCUT2D eigenvalue weighted by Gasteiger charge is -2.33. The fourth-order valence-corrected chi connectivity index (χ4v) is 3.80. The third-order valence-electron chi connectivity index (χ3n) is 5.26. The Hall–Kier alpha value is -2.59. The largest absolute Gasteiger partial charge is 0.384 e. The fourth-order valence-electron chi connectivity index (χ4n) is 3.80. The van der Waals surface area contributed by atoms with E-state index in [1.54, 1.807) is 29.0 Å². The van der Waals surface area contributed by atoms with Gasteiger partial charge in [0.2, 0.25) is 5.91 Å². The molecule has 1 aromatic rings. The van der Waals surface area contributed by atoms with Crippen molar-refractivity contribution in [2.75, 3.05) is 33.4 Å². The molecule has 0 aliphatic carbocycles. The Balaban J connectivity index is 1.52. The Morgan fingerprint density at radius 2 is 2.07 bits per heavy atom. The maximum absolute atomic E-state index is 12.6. The average Bonchev–Trinajstić information content (AvgIpc) is 3.02. The summed E-state index contributed by atoms with van der Waals surface area (Å²) < 4.78 is 5.21. The second-order valence-electron chi connectivity index (χ2n) is 7.27. The minimum absolute atomic E-state index is 0.0434. The predicted octanol–water partition coefficient (Wildman–Crippen LogP) is 1.73. The van der Waals surface area contributed by atoms with Crippen LogP contribution in [0, 0.1) is 17.2 Å². The van der Waals surface area contributed by atoms with Gasteiger partial charge in [-0.2, -0.15) is 5.26 Å². The molecule has 2 heterocycles. The molecule has 0 saturated carbocycles. The van der Waals surface area contributed by atoms with Gasteiger partial charge in [0, 0.05) is 39.2 Å². The summed E-state index contributed by atoms with van der Waals surface area (Å²) in [5.41, 5.74) is 1.58. The van der Waals surface area contributed by atoms with Crippen LogP contribution < -0.4 is 5.32 Å². The van der Waals surface area contributed by atoms with Crippen LogP contribution in [0.2, 0.25) is 0 Å². The summed E-state index contributed by atoms with van der Waals surface area (Å²) in [6.45, 7) is 3.18. The zero-order valence-corrected chi connectivity index (χ0v) is 15.7. The molecule has 27 heavy (non-hydrogen) atoms. The van der Waals surface area contributed by atoms with Crippen molar-refractivity contribution in [2.45, 2.75) is 31.8 Å². The molecule has 1 aromatic carbocycles. The van der Waals surface area contributed by atoms with Crippen LogP contribution in [-0.4, -0.2) is 61.1 Å². The van der Waals surface area contributed by atoms with Crippen molar-refractivity contribution in [3.63, 3.8) is 0 Å². The van der Waals surface area contributed by atoms with Crippen molar-refractivity contribution in [1.29, 1.82) is 5.26 Å². The summed E-state index contributed by atoms with van der Waals surface area (Å²) in [6, 6.07) is 8.70. The van der Waals surface area contributed by atoms with Gasteiger partial charge in [0.15, 0.2) is 0 Å². The average molecular weight is 370 g/mol. The molecule has 2 atom stereocenters. The molecule has 2 fully saturated rings. The quantitative estimate of drug-likeness (QED) is 0.855. The monoisotopic (exact) mass is 370 g/mol. The van der Waals surface area contributed by atoms with Gasteiger partial charge in [-0.1, -0.05) is 12.1 Å². The van der Waals surface area contributed by atoms with Crippen LogP contribution in [0.5, 0.6) is 0 Å². The summed E-state index contributed by atoms with van der Waals surface area (Å²) in [4.78, 5) is 28.8. The highest BCUT2D eigenvalue weighted by molar-refractivity contribution is 5.88. The number of amides is 3. The predicted molar refractivity (Wildman–Crippen MR) is 99.7 cm³/mol. The lowest BCUT2D eigenvalue weighted by atomic mass is 9.99. The van der Waals surface area contributed by atoms with Gasteiger partial charge >= 0.3 is 6.03 Å². The van der Waals surface area contributed by atoms with Crippen molar-refractivity contribution in [2.24, 2.45) is 5.92 Å². The van der Waals surface area contributed by atoms with E-state index in [0.29, 0.717) is 44.1 Å². The highest BCUT2D eigenvalue weighted by atomic mass is 16.5. The molecule has 3 rings (SSSR count). The van der Waals surface area contributed by atoms with Crippen molar-refractivity contribution in [3.05, 3.63) is 35.4 Å². The van der Waals surface area contributed by atoms with Crippen LogP contribution in [0.1, 0.15) is 30.4 Å². The number of urea groups is 1. The molecule has 144 valence electrons. The lowest BCUT2D eigenvalue weighted by Crippen LogP contribution is -2.51. The normalized spacial score (nSPS) is 22.6. The minimum atomic E-state index is -0.460. The van der Waals surface area contributed by atoms with Crippen molar-refractivity contribution in [3.8, 4) is 6.07 Å². The third kappa shape index (κ3) is 4.77. The smallest absolute Gasteiger partial charge is 0.318 e. The standard InChI is InChI=1S/C20H26N4O3/c1-27-14-17-3-2-9-24(13-17)20(26)22-18-8-10-23(19(18)25)12-16-6-4-15(11-21)5-7-16/h4-7,17-18H,2-3,8-10,12-14H2,1H3,(H,22,26). The van der Waals surface area contributed by atoms with Crippen molar-refractivity contribution < 1.29 is 14.3 Å². The number of methoxy groups -OCH3 is 1. The number of nitrogens with zero attached hydrogens (tertiary/aromatic N) is 3. The van der Waals surface area contributed by atoms with Gasteiger partial charge in [0.1, 0.15) is 6.04 Å². The molecule has 0 aromatic heterocycles. The molecule has 3 amide bonds. The lowest BCUT2D eigenvalue weighted by molar-refractivity contribution is -0.129. The van der Waals surface area contributed by atoms with Crippen molar-refractivity contribution in [1.82, 2.24) is 15.1 Å². The number of carbonyl (C=O) groups excluding carboxylic acids is 2. The van der Waals surface area contributed by atoms with Gasteiger partial charge in [0.05, 0.1) is 18.2 Å². The van der Waals surface area contributed by atoms with Gasteiger partial charge in [-0.05, 0) is 37.0 Å². The summed E-state index contributed by atoms with van der Waals surface area (Å²) in [5.74, 6) is 0.319. The van der Waals surface area contributed by atoms with E-state index in [1.807, 2.05) is 12.1 Å². The first-order valence-corrected chi connectivity index (χ1v) is 9.43. The molecule has 2 aliphatic rings. The summed E-state index contributed by atoms with van der Waals surface area (Å²) in [7, 11) is 1.68. The molecule has 0 spiro atoms. The van der Waals surface area contributed by atoms with E-state index in [1.165, 1.54) is 0 Å². The number of carbonyl (C=O) groups is 2. The third-order valence-corrected chi connectivity index (χ3v) is 5.26. The van der Waals surface area contributed by atoms with Crippen LogP contribution in [0.15, 0.2) is 24.3 Å². The van der Waals surface area contributed by atoms with Crippen molar-refractivity contribution >= 4 is 11.9 Å². The maximum Gasteiger partial charge on any atom is 0.318 e. The van der Waals surface area contributed by atoms with E-state index in [2.05, 4.69) is 11.4 Å². The van der Waals surface area contributed by atoms with Crippen LogP contribution >= 0.6 is 0 Å². The minimum Gasteiger partial charge on any atom is -0.384 e. The Labute approximate surface area is 159 Å². The second-order valence-corrected chi connectivity index (χ2v) is 7.27. The van der Waals surface area contributed by atoms with Gasteiger partial charge < -0.3 is 19.9 Å². The van der Waals surface area contributed by atoms with E-state index in [9.17, 15) is 9.59 Å². The zero-order valence-electron chi connectivity index (χ0n) is 15.7. The number of hydrogen-bond acceptors (Lipinski definition) is 4. The van der Waals surface area contributed by atoms with Crippen LogP contribution in [0.4, 0.5) is 4.79 Å². The highest BCUT2D eigenvalue weighted by Crippen LogP contribution is 2.19. The topological polar surface area (TPSA) is 85.7 Å². The van der Waals surface area contributed by atoms with Gasteiger partial charge in [-0.15, -0.1) is 0 Å². The molecule has 0 radical (unpaired) electrons. The van der Waals surface area contributed by atoms with E-state index < -0.39 is 6.04 Å². The SMILES string of the molecule is COCC1CCCN(C(=O)NC2CCN(Cc3ccc(C#N)cc3)C2=O)C1. The molecular weight excluding hydrogens is 344 g/mol. The number of hydrogen-bond donors (Lipinski definition) is 1. The Kier molecular flexibility index (Phi) is 6.30. The zero-order chi connectivity index (χ0) is 19.2.